The second-order valence-corrected chi connectivity index (χ2v) is 5.41. The Morgan fingerprint density at radius 1 is 1.26 bits per heavy atom. The number of benzene rings is 1. The molecule has 0 saturated heterocycles. The monoisotopic (exact) mass is 319 g/mol. The summed E-state index contributed by atoms with van der Waals surface area (Å²) in [5.41, 5.74) is 8.17. The molecule has 2 rings (SSSR count). The number of rotatable bonds is 5. The minimum absolute atomic E-state index is 0.497. The molecule has 100 valence electrons. The van der Waals surface area contributed by atoms with Gasteiger partial charge in [0.1, 0.15) is 5.82 Å². The largest absolute Gasteiger partial charge is 0.359 e. The van der Waals surface area contributed by atoms with Crippen LogP contribution in [-0.2, 0) is 13.0 Å². The maximum absolute atomic E-state index is 5.78. The van der Waals surface area contributed by atoms with Gasteiger partial charge in [-0.1, -0.05) is 30.3 Å². The van der Waals surface area contributed by atoms with Crippen molar-refractivity contribution >= 4 is 21.7 Å². The Morgan fingerprint density at radius 2 is 2.00 bits per heavy atom. The second kappa shape index (κ2) is 6.68. The van der Waals surface area contributed by atoms with E-state index >= 15 is 0 Å². The first-order chi connectivity index (χ1) is 9.20. The fourth-order valence-electron chi connectivity index (χ4n) is 2.02. The van der Waals surface area contributed by atoms with E-state index < -0.39 is 0 Å². The van der Waals surface area contributed by atoms with Crippen molar-refractivity contribution < 1.29 is 0 Å². The second-order valence-electron chi connectivity index (χ2n) is 4.50. The molecular formula is C15H18BrN3. The highest BCUT2D eigenvalue weighted by Crippen LogP contribution is 2.20. The SMILES string of the molecule is CN(CCc1ccccc1)c1ncc(Br)cc1CN. The topological polar surface area (TPSA) is 42.2 Å². The Hall–Kier alpha value is -1.39. The lowest BCUT2D eigenvalue weighted by atomic mass is 10.1. The highest BCUT2D eigenvalue weighted by molar-refractivity contribution is 9.10. The predicted molar refractivity (Wildman–Crippen MR) is 83.2 cm³/mol. The van der Waals surface area contributed by atoms with Crippen molar-refractivity contribution in [2.75, 3.05) is 18.5 Å². The lowest BCUT2D eigenvalue weighted by Crippen LogP contribution is -2.23. The molecule has 0 aliphatic carbocycles. The number of halogens is 1. The van der Waals surface area contributed by atoms with Gasteiger partial charge in [0.25, 0.3) is 0 Å². The predicted octanol–water partition coefficient (Wildman–Crippen LogP) is 2.98. The molecular weight excluding hydrogens is 302 g/mol. The van der Waals surface area contributed by atoms with E-state index in [2.05, 4.69) is 57.1 Å². The van der Waals surface area contributed by atoms with E-state index in [1.54, 1.807) is 0 Å². The van der Waals surface area contributed by atoms with E-state index in [1.165, 1.54) is 5.56 Å². The van der Waals surface area contributed by atoms with Crippen molar-refractivity contribution in [1.29, 1.82) is 0 Å². The third kappa shape index (κ3) is 3.78. The maximum atomic E-state index is 5.78. The fourth-order valence-corrected chi connectivity index (χ4v) is 2.39. The van der Waals surface area contributed by atoms with E-state index in [9.17, 15) is 0 Å². The lowest BCUT2D eigenvalue weighted by molar-refractivity contribution is 0.845. The van der Waals surface area contributed by atoms with Gasteiger partial charge in [-0.05, 0) is 34.0 Å². The van der Waals surface area contributed by atoms with Gasteiger partial charge in [0, 0.05) is 36.4 Å². The molecule has 1 aromatic carbocycles. The van der Waals surface area contributed by atoms with Crippen LogP contribution in [0.25, 0.3) is 0 Å². The number of hydrogen-bond donors (Lipinski definition) is 1. The Kier molecular flexibility index (Phi) is 4.93. The fraction of sp³-hybridized carbons (Fsp3) is 0.267. The summed E-state index contributed by atoms with van der Waals surface area (Å²) in [6.45, 7) is 1.42. The van der Waals surface area contributed by atoms with Gasteiger partial charge in [-0.2, -0.15) is 0 Å². The van der Waals surface area contributed by atoms with Crippen molar-refractivity contribution in [2.45, 2.75) is 13.0 Å². The third-order valence-corrected chi connectivity index (χ3v) is 3.50. The average molecular weight is 320 g/mol. The number of likely N-dealkylation sites (N-methyl/N-ethyl adjacent to an activating group) is 1. The molecule has 0 fully saturated rings. The van der Waals surface area contributed by atoms with Gasteiger partial charge >= 0.3 is 0 Å². The Balaban J connectivity index is 2.05. The van der Waals surface area contributed by atoms with Crippen molar-refractivity contribution in [2.24, 2.45) is 5.73 Å². The summed E-state index contributed by atoms with van der Waals surface area (Å²) in [5, 5.41) is 0. The molecule has 0 saturated carbocycles. The molecule has 3 nitrogen and oxygen atoms in total. The third-order valence-electron chi connectivity index (χ3n) is 3.07. The van der Waals surface area contributed by atoms with E-state index in [1.807, 2.05) is 18.3 Å². The zero-order chi connectivity index (χ0) is 13.7. The summed E-state index contributed by atoms with van der Waals surface area (Å²) < 4.78 is 0.966. The maximum Gasteiger partial charge on any atom is 0.132 e. The first-order valence-electron chi connectivity index (χ1n) is 6.30. The van der Waals surface area contributed by atoms with Gasteiger partial charge in [-0.25, -0.2) is 4.98 Å². The number of pyridine rings is 1. The summed E-state index contributed by atoms with van der Waals surface area (Å²) in [6.07, 6.45) is 2.81. The summed E-state index contributed by atoms with van der Waals surface area (Å²) >= 11 is 3.43. The molecule has 0 bridgehead atoms. The van der Waals surface area contributed by atoms with Crippen LogP contribution in [0.3, 0.4) is 0 Å². The van der Waals surface area contributed by atoms with Crippen LogP contribution >= 0.6 is 15.9 Å². The highest BCUT2D eigenvalue weighted by atomic mass is 79.9. The molecule has 2 aromatic rings. The van der Waals surface area contributed by atoms with Gasteiger partial charge in [0.05, 0.1) is 0 Å². The zero-order valence-electron chi connectivity index (χ0n) is 11.0. The molecule has 0 spiro atoms. The van der Waals surface area contributed by atoms with Gasteiger partial charge < -0.3 is 10.6 Å². The van der Waals surface area contributed by atoms with Crippen LogP contribution in [0.1, 0.15) is 11.1 Å². The Morgan fingerprint density at radius 3 is 2.68 bits per heavy atom. The highest BCUT2D eigenvalue weighted by Gasteiger charge is 2.08. The van der Waals surface area contributed by atoms with Crippen LogP contribution in [-0.4, -0.2) is 18.6 Å². The molecule has 0 aliphatic rings. The van der Waals surface area contributed by atoms with Crippen molar-refractivity contribution in [1.82, 2.24) is 4.98 Å². The molecule has 0 atom stereocenters. The molecule has 0 amide bonds. The van der Waals surface area contributed by atoms with E-state index in [4.69, 9.17) is 5.73 Å². The molecule has 0 unspecified atom stereocenters. The smallest absolute Gasteiger partial charge is 0.132 e. The van der Waals surface area contributed by atoms with E-state index in [0.29, 0.717) is 6.54 Å². The van der Waals surface area contributed by atoms with Crippen LogP contribution in [0.4, 0.5) is 5.82 Å². The normalized spacial score (nSPS) is 10.5. The number of anilines is 1. The van der Waals surface area contributed by atoms with Crippen LogP contribution in [0, 0.1) is 0 Å². The number of nitrogens with zero attached hydrogens (tertiary/aromatic N) is 2. The van der Waals surface area contributed by atoms with Crippen molar-refractivity contribution in [3.05, 3.63) is 58.2 Å². The summed E-state index contributed by atoms with van der Waals surface area (Å²) in [5.74, 6) is 0.960. The minimum Gasteiger partial charge on any atom is -0.359 e. The number of hydrogen-bond acceptors (Lipinski definition) is 3. The summed E-state index contributed by atoms with van der Waals surface area (Å²) in [4.78, 5) is 6.61. The quantitative estimate of drug-likeness (QED) is 0.921. The number of nitrogens with two attached hydrogens (primary N) is 1. The molecule has 2 N–H and O–H groups in total. The standard InChI is InChI=1S/C15H18BrN3/c1-19(8-7-12-5-3-2-4-6-12)15-13(10-17)9-14(16)11-18-15/h2-6,9,11H,7-8,10,17H2,1H3. The Labute approximate surface area is 122 Å². The molecule has 1 heterocycles. The Bertz CT molecular complexity index is 528. The van der Waals surface area contributed by atoms with Crippen molar-refractivity contribution in [3.63, 3.8) is 0 Å². The zero-order valence-corrected chi connectivity index (χ0v) is 12.6. The van der Waals surface area contributed by atoms with Crippen molar-refractivity contribution in [3.8, 4) is 0 Å². The summed E-state index contributed by atoms with van der Waals surface area (Å²) in [7, 11) is 2.05. The van der Waals surface area contributed by atoms with Gasteiger partial charge in [-0.3, -0.25) is 0 Å². The van der Waals surface area contributed by atoms with E-state index in [-0.39, 0.29) is 0 Å². The molecule has 1 aromatic heterocycles. The first kappa shape index (κ1) is 14.0. The lowest BCUT2D eigenvalue weighted by Gasteiger charge is -2.21. The van der Waals surface area contributed by atoms with Gasteiger partial charge in [0.2, 0.25) is 0 Å². The van der Waals surface area contributed by atoms with E-state index in [0.717, 1.165) is 28.8 Å². The molecule has 0 aliphatic heterocycles. The summed E-state index contributed by atoms with van der Waals surface area (Å²) in [6, 6.07) is 12.5. The molecule has 0 radical (unpaired) electrons. The van der Waals surface area contributed by atoms with Crippen LogP contribution < -0.4 is 10.6 Å². The van der Waals surface area contributed by atoms with Crippen LogP contribution in [0.15, 0.2) is 47.1 Å². The average Bonchev–Trinajstić information content (AvgIpc) is 2.45. The first-order valence-corrected chi connectivity index (χ1v) is 7.09. The van der Waals surface area contributed by atoms with Crippen LogP contribution in [0.5, 0.6) is 0 Å². The minimum atomic E-state index is 0.497. The molecule has 4 heteroatoms. The van der Waals surface area contributed by atoms with Gasteiger partial charge in [0.15, 0.2) is 0 Å². The molecule has 19 heavy (non-hydrogen) atoms. The van der Waals surface area contributed by atoms with Crippen LogP contribution in [0.2, 0.25) is 0 Å². The number of aromatic nitrogens is 1. The van der Waals surface area contributed by atoms with Gasteiger partial charge in [-0.15, -0.1) is 0 Å².